The number of rotatable bonds is 5. The molecular formula is C19H22N2O3S. The zero-order valence-corrected chi connectivity index (χ0v) is 15.1. The fraction of sp³-hybridized carbons (Fsp3) is 0.421. The number of aryl methyl sites for hydroxylation is 1. The number of piperidine rings is 1. The van der Waals surface area contributed by atoms with E-state index in [1.165, 1.54) is 11.3 Å². The van der Waals surface area contributed by atoms with Crippen LogP contribution in [-0.4, -0.2) is 40.0 Å². The Morgan fingerprint density at radius 2 is 2.08 bits per heavy atom. The normalized spacial score (nSPS) is 17.5. The fourth-order valence-corrected chi connectivity index (χ4v) is 4.30. The Hall–Kier alpha value is -2.21. The molecule has 1 unspecified atom stereocenters. The van der Waals surface area contributed by atoms with E-state index in [2.05, 4.69) is 4.98 Å². The summed E-state index contributed by atoms with van der Waals surface area (Å²) >= 11 is 1.44. The zero-order chi connectivity index (χ0) is 17.8. The Morgan fingerprint density at radius 3 is 2.80 bits per heavy atom. The number of amides is 1. The minimum absolute atomic E-state index is 0.0252. The second-order valence-corrected chi connectivity index (χ2v) is 7.49. The summed E-state index contributed by atoms with van der Waals surface area (Å²) in [6.07, 6.45) is 2.73. The van der Waals surface area contributed by atoms with Crippen LogP contribution in [0, 0.1) is 12.8 Å². The SMILES string of the molecule is Cc1nc(-c2ccccc2)sc1C(=O)N1CCCC(CCC(=O)O)C1. The predicted molar refractivity (Wildman–Crippen MR) is 97.8 cm³/mol. The molecule has 1 aromatic carbocycles. The van der Waals surface area contributed by atoms with Crippen molar-refractivity contribution in [3.63, 3.8) is 0 Å². The van der Waals surface area contributed by atoms with Gasteiger partial charge in [-0.3, -0.25) is 9.59 Å². The van der Waals surface area contributed by atoms with Crippen LogP contribution >= 0.6 is 11.3 Å². The van der Waals surface area contributed by atoms with Crippen molar-refractivity contribution in [3.05, 3.63) is 40.9 Å². The number of aliphatic carboxylic acids is 1. The summed E-state index contributed by atoms with van der Waals surface area (Å²) in [6.45, 7) is 3.26. The summed E-state index contributed by atoms with van der Waals surface area (Å²) in [5.74, 6) is -0.470. The highest BCUT2D eigenvalue weighted by atomic mass is 32.1. The molecule has 5 nitrogen and oxygen atoms in total. The topological polar surface area (TPSA) is 70.5 Å². The van der Waals surface area contributed by atoms with E-state index in [4.69, 9.17) is 5.11 Å². The van der Waals surface area contributed by atoms with E-state index < -0.39 is 5.97 Å². The lowest BCUT2D eigenvalue weighted by Crippen LogP contribution is -2.40. The predicted octanol–water partition coefficient (Wildman–Crippen LogP) is 3.84. The van der Waals surface area contributed by atoms with Crippen LogP contribution in [0.4, 0.5) is 0 Å². The maximum Gasteiger partial charge on any atom is 0.303 e. The van der Waals surface area contributed by atoms with Crippen LogP contribution in [0.3, 0.4) is 0 Å². The van der Waals surface area contributed by atoms with Crippen LogP contribution in [0.15, 0.2) is 30.3 Å². The molecule has 2 heterocycles. The van der Waals surface area contributed by atoms with Crippen molar-refractivity contribution in [2.45, 2.75) is 32.6 Å². The average Bonchev–Trinajstić information content (AvgIpc) is 3.02. The van der Waals surface area contributed by atoms with Crippen molar-refractivity contribution in [2.75, 3.05) is 13.1 Å². The largest absolute Gasteiger partial charge is 0.481 e. The van der Waals surface area contributed by atoms with Crippen molar-refractivity contribution < 1.29 is 14.7 Å². The third kappa shape index (κ3) is 4.25. The Morgan fingerprint density at radius 1 is 1.32 bits per heavy atom. The van der Waals surface area contributed by atoms with Crippen LogP contribution in [0.25, 0.3) is 10.6 Å². The molecule has 1 fully saturated rings. The van der Waals surface area contributed by atoms with E-state index in [0.29, 0.717) is 17.8 Å². The first-order valence-electron chi connectivity index (χ1n) is 8.58. The standard InChI is InChI=1S/C19H22N2O3S/c1-13-17(25-18(20-13)15-7-3-2-4-8-15)19(24)21-11-5-6-14(12-21)9-10-16(22)23/h2-4,7-8,14H,5-6,9-12H2,1H3,(H,22,23). The summed E-state index contributed by atoms with van der Waals surface area (Å²) < 4.78 is 0. The lowest BCUT2D eigenvalue weighted by molar-refractivity contribution is -0.137. The van der Waals surface area contributed by atoms with E-state index in [1.54, 1.807) is 0 Å². The van der Waals surface area contributed by atoms with Crippen LogP contribution in [0.5, 0.6) is 0 Å². The monoisotopic (exact) mass is 358 g/mol. The number of aromatic nitrogens is 1. The summed E-state index contributed by atoms with van der Waals surface area (Å²) in [7, 11) is 0. The van der Waals surface area contributed by atoms with Gasteiger partial charge in [0.05, 0.1) is 5.69 Å². The highest BCUT2D eigenvalue weighted by Crippen LogP contribution is 2.30. The Labute approximate surface area is 151 Å². The maximum atomic E-state index is 12.9. The number of carbonyl (C=O) groups is 2. The summed E-state index contributed by atoms with van der Waals surface area (Å²) in [5.41, 5.74) is 1.79. The fourth-order valence-electron chi connectivity index (χ4n) is 3.26. The minimum atomic E-state index is -0.769. The number of likely N-dealkylation sites (tertiary alicyclic amines) is 1. The molecule has 1 atom stereocenters. The number of hydrogen-bond donors (Lipinski definition) is 1. The number of carboxylic acids is 1. The molecule has 3 rings (SSSR count). The van der Waals surface area contributed by atoms with Crippen molar-refractivity contribution in [1.82, 2.24) is 9.88 Å². The summed E-state index contributed by atoms with van der Waals surface area (Å²) in [6, 6.07) is 9.88. The molecular weight excluding hydrogens is 336 g/mol. The first kappa shape index (κ1) is 17.6. The van der Waals surface area contributed by atoms with Crippen LogP contribution in [-0.2, 0) is 4.79 Å². The van der Waals surface area contributed by atoms with E-state index in [1.807, 2.05) is 42.2 Å². The van der Waals surface area contributed by atoms with Crippen molar-refractivity contribution in [2.24, 2.45) is 5.92 Å². The van der Waals surface area contributed by atoms with Gasteiger partial charge in [-0.2, -0.15) is 0 Å². The molecule has 0 bridgehead atoms. The van der Waals surface area contributed by atoms with Gasteiger partial charge in [0.2, 0.25) is 0 Å². The average molecular weight is 358 g/mol. The number of benzene rings is 1. The Balaban J connectivity index is 1.72. The van der Waals surface area contributed by atoms with Crippen LogP contribution in [0.2, 0.25) is 0 Å². The summed E-state index contributed by atoms with van der Waals surface area (Å²) in [5, 5.41) is 9.72. The lowest BCUT2D eigenvalue weighted by atomic mass is 9.93. The molecule has 2 aromatic rings. The van der Waals surface area contributed by atoms with Crippen molar-refractivity contribution in [3.8, 4) is 10.6 Å². The van der Waals surface area contributed by atoms with E-state index in [0.717, 1.165) is 35.7 Å². The van der Waals surface area contributed by atoms with Gasteiger partial charge in [0, 0.05) is 25.1 Å². The van der Waals surface area contributed by atoms with Crippen molar-refractivity contribution in [1.29, 1.82) is 0 Å². The second-order valence-electron chi connectivity index (χ2n) is 6.49. The summed E-state index contributed by atoms with van der Waals surface area (Å²) in [4.78, 5) is 30.8. The molecule has 25 heavy (non-hydrogen) atoms. The van der Waals surface area contributed by atoms with Gasteiger partial charge in [0.1, 0.15) is 9.88 Å². The quantitative estimate of drug-likeness (QED) is 0.882. The van der Waals surface area contributed by atoms with Crippen LogP contribution in [0.1, 0.15) is 41.0 Å². The smallest absolute Gasteiger partial charge is 0.303 e. The lowest BCUT2D eigenvalue weighted by Gasteiger charge is -2.32. The van der Waals surface area contributed by atoms with E-state index in [9.17, 15) is 9.59 Å². The van der Waals surface area contributed by atoms with Gasteiger partial charge >= 0.3 is 5.97 Å². The van der Waals surface area contributed by atoms with Gasteiger partial charge in [0.25, 0.3) is 5.91 Å². The van der Waals surface area contributed by atoms with Crippen LogP contribution < -0.4 is 0 Å². The van der Waals surface area contributed by atoms with Gasteiger partial charge in [-0.1, -0.05) is 30.3 Å². The highest BCUT2D eigenvalue weighted by Gasteiger charge is 2.27. The third-order valence-electron chi connectivity index (χ3n) is 4.58. The van der Waals surface area contributed by atoms with E-state index >= 15 is 0 Å². The molecule has 6 heteroatoms. The molecule has 1 aliphatic heterocycles. The number of nitrogens with zero attached hydrogens (tertiary/aromatic N) is 2. The Kier molecular flexibility index (Phi) is 5.48. The number of carboxylic acid groups (broad SMARTS) is 1. The first-order valence-corrected chi connectivity index (χ1v) is 9.40. The molecule has 1 aliphatic rings. The second kappa shape index (κ2) is 7.78. The zero-order valence-electron chi connectivity index (χ0n) is 14.3. The highest BCUT2D eigenvalue weighted by molar-refractivity contribution is 7.17. The molecule has 0 saturated carbocycles. The molecule has 132 valence electrons. The molecule has 0 spiro atoms. The van der Waals surface area contributed by atoms with Gasteiger partial charge < -0.3 is 10.0 Å². The Bertz CT molecular complexity index is 757. The third-order valence-corrected chi connectivity index (χ3v) is 5.78. The minimum Gasteiger partial charge on any atom is -0.481 e. The number of carbonyl (C=O) groups excluding carboxylic acids is 1. The van der Waals surface area contributed by atoms with E-state index in [-0.39, 0.29) is 18.2 Å². The van der Waals surface area contributed by atoms with Gasteiger partial charge in [-0.05, 0) is 32.1 Å². The van der Waals surface area contributed by atoms with Gasteiger partial charge in [-0.25, -0.2) is 4.98 Å². The molecule has 1 amide bonds. The molecule has 1 saturated heterocycles. The maximum absolute atomic E-state index is 12.9. The first-order chi connectivity index (χ1) is 12.0. The number of thiazole rings is 1. The van der Waals surface area contributed by atoms with Gasteiger partial charge in [0.15, 0.2) is 0 Å². The molecule has 1 aromatic heterocycles. The van der Waals surface area contributed by atoms with Crippen molar-refractivity contribution >= 4 is 23.2 Å². The van der Waals surface area contributed by atoms with Gasteiger partial charge in [-0.15, -0.1) is 11.3 Å². The molecule has 1 N–H and O–H groups in total. The number of hydrogen-bond acceptors (Lipinski definition) is 4. The molecule has 0 radical (unpaired) electrons. The molecule has 0 aliphatic carbocycles.